The largest absolute Gasteiger partial charge is 0.508 e. The highest BCUT2D eigenvalue weighted by molar-refractivity contribution is 7.39. The van der Waals surface area contributed by atoms with Crippen LogP contribution < -0.4 is 0 Å². The lowest BCUT2D eigenvalue weighted by Gasteiger charge is -2.21. The molecule has 0 saturated heterocycles. The molecule has 0 aromatic rings. The van der Waals surface area contributed by atoms with Gasteiger partial charge in [-0.05, 0) is 30.8 Å². The van der Waals surface area contributed by atoms with Gasteiger partial charge in [-0.1, -0.05) is 32.6 Å². The van der Waals surface area contributed by atoms with Crippen LogP contribution in [0, 0.1) is 0 Å². The summed E-state index contributed by atoms with van der Waals surface area (Å²) in [5.41, 5.74) is -0.0144. The van der Waals surface area contributed by atoms with Crippen LogP contribution in [-0.2, 0) is 9.09 Å². The first-order chi connectivity index (χ1) is 6.72. The van der Waals surface area contributed by atoms with Gasteiger partial charge in [0.2, 0.25) is 0 Å². The Morgan fingerprint density at radius 1 is 1.29 bits per heavy atom. The molecule has 0 radical (unpaired) electrons. The third-order valence-corrected chi connectivity index (χ3v) is 4.16. The maximum absolute atomic E-state index is 11.5. The molecule has 1 rings (SSSR count). The average molecular weight is 217 g/mol. The van der Waals surface area contributed by atoms with E-state index in [2.05, 4.69) is 6.92 Å². The molecule has 0 amide bonds. The highest BCUT2D eigenvalue weighted by Crippen LogP contribution is 2.43. The molecule has 1 aliphatic rings. The van der Waals surface area contributed by atoms with Gasteiger partial charge in [-0.25, -0.2) is 0 Å². The minimum Gasteiger partial charge on any atom is -0.140 e. The first kappa shape index (κ1) is 12.1. The molecule has 0 heterocycles. The molecule has 0 aliphatic heterocycles. The van der Waals surface area contributed by atoms with E-state index in [1.165, 1.54) is 25.7 Å². The number of unbranched alkanes of at least 4 members (excludes halogenated alkanes) is 1. The van der Waals surface area contributed by atoms with Gasteiger partial charge < -0.3 is 0 Å². The van der Waals surface area contributed by atoms with E-state index >= 15 is 0 Å². The van der Waals surface area contributed by atoms with E-state index in [1.54, 1.807) is 0 Å². The van der Waals surface area contributed by atoms with E-state index in [9.17, 15) is 4.57 Å². The van der Waals surface area contributed by atoms with Crippen LogP contribution in [0.15, 0.2) is 0 Å². The summed E-state index contributed by atoms with van der Waals surface area (Å²) in [5.74, 6) is 0. The summed E-state index contributed by atoms with van der Waals surface area (Å²) in [4.78, 5) is 0. The van der Waals surface area contributed by atoms with Gasteiger partial charge in [0.25, 0.3) is 0 Å². The van der Waals surface area contributed by atoms with Gasteiger partial charge in [0.05, 0.1) is 0 Å². The smallest absolute Gasteiger partial charge is 0.140 e. The zero-order chi connectivity index (χ0) is 10.4. The Morgan fingerprint density at radius 2 is 1.93 bits per heavy atom. The van der Waals surface area contributed by atoms with Crippen LogP contribution in [-0.4, -0.2) is 11.8 Å². The van der Waals surface area contributed by atoms with Gasteiger partial charge in [-0.2, -0.15) is 0 Å². The number of hydrogen-bond donors (Lipinski definition) is 0. The zero-order valence-corrected chi connectivity index (χ0v) is 10.3. The average Bonchev–Trinajstić information content (AvgIpc) is 2.64. The van der Waals surface area contributed by atoms with Crippen LogP contribution in [0.5, 0.6) is 0 Å². The molecule has 3 heteroatoms. The van der Waals surface area contributed by atoms with E-state index in [1.807, 2.05) is 6.92 Å². The molecule has 0 N–H and O–H groups in total. The van der Waals surface area contributed by atoms with Crippen LogP contribution in [0.25, 0.3) is 0 Å². The Morgan fingerprint density at radius 3 is 2.43 bits per heavy atom. The van der Waals surface area contributed by atoms with E-state index in [4.69, 9.17) is 4.52 Å². The molecular weight excluding hydrogens is 195 g/mol. The molecule has 1 atom stereocenters. The second-order valence-corrected chi connectivity index (χ2v) is 5.71. The SMILES string of the molecule is CCCCC1(O[P+](=O)CC)CCCC1. The van der Waals surface area contributed by atoms with Gasteiger partial charge >= 0.3 is 8.03 Å². The van der Waals surface area contributed by atoms with Crippen molar-refractivity contribution >= 4 is 8.03 Å². The Balaban J connectivity index is 2.48. The quantitative estimate of drug-likeness (QED) is 0.621. The molecular formula is C11H22O2P+. The number of rotatable bonds is 6. The van der Waals surface area contributed by atoms with Crippen LogP contribution in [0.1, 0.15) is 58.8 Å². The molecule has 1 fully saturated rings. The molecule has 0 spiro atoms. The topological polar surface area (TPSA) is 26.3 Å². The summed E-state index contributed by atoms with van der Waals surface area (Å²) < 4.78 is 17.2. The minimum absolute atomic E-state index is 0.0144. The third kappa shape index (κ3) is 3.33. The van der Waals surface area contributed by atoms with Crippen molar-refractivity contribution in [3.8, 4) is 0 Å². The summed E-state index contributed by atoms with van der Waals surface area (Å²) in [5, 5.41) is 0. The molecule has 1 unspecified atom stereocenters. The van der Waals surface area contributed by atoms with Crippen LogP contribution in [0.4, 0.5) is 0 Å². The maximum atomic E-state index is 11.5. The third-order valence-electron chi connectivity index (χ3n) is 3.05. The Bertz CT molecular complexity index is 186. The monoisotopic (exact) mass is 217 g/mol. The molecule has 0 aromatic heterocycles. The fraction of sp³-hybridized carbons (Fsp3) is 1.00. The standard InChI is InChI=1S/C11H22O2P/c1-3-5-8-11(9-6-7-10-11)13-14(12)4-2/h3-10H2,1-2H3/q+1. The molecule has 0 bridgehead atoms. The van der Waals surface area contributed by atoms with E-state index in [-0.39, 0.29) is 5.60 Å². The highest BCUT2D eigenvalue weighted by Gasteiger charge is 2.41. The zero-order valence-electron chi connectivity index (χ0n) is 9.42. The van der Waals surface area contributed by atoms with Crippen molar-refractivity contribution in [1.29, 1.82) is 0 Å². The molecule has 1 saturated carbocycles. The lowest BCUT2D eigenvalue weighted by Crippen LogP contribution is -2.26. The summed E-state index contributed by atoms with van der Waals surface area (Å²) in [6.07, 6.45) is 8.89. The molecule has 0 aromatic carbocycles. The number of hydrogen-bond acceptors (Lipinski definition) is 2. The van der Waals surface area contributed by atoms with E-state index < -0.39 is 8.03 Å². The fourth-order valence-corrected chi connectivity index (χ4v) is 3.02. The van der Waals surface area contributed by atoms with Gasteiger partial charge in [0.15, 0.2) is 6.16 Å². The lowest BCUT2D eigenvalue weighted by molar-refractivity contribution is 0.0743. The van der Waals surface area contributed by atoms with Gasteiger partial charge in [-0.15, -0.1) is 4.52 Å². The fourth-order valence-electron chi connectivity index (χ4n) is 2.19. The van der Waals surface area contributed by atoms with Crippen LogP contribution >= 0.6 is 8.03 Å². The summed E-state index contributed by atoms with van der Waals surface area (Å²) in [6, 6.07) is 0. The summed E-state index contributed by atoms with van der Waals surface area (Å²) >= 11 is 0. The van der Waals surface area contributed by atoms with Crippen molar-refractivity contribution in [2.75, 3.05) is 6.16 Å². The summed E-state index contributed by atoms with van der Waals surface area (Å²) in [7, 11) is -1.40. The maximum Gasteiger partial charge on any atom is 0.508 e. The van der Waals surface area contributed by atoms with Crippen molar-refractivity contribution in [3.63, 3.8) is 0 Å². The molecule has 1 aliphatic carbocycles. The predicted octanol–water partition coefficient (Wildman–Crippen LogP) is 4.27. The Hall–Kier alpha value is 0.0600. The van der Waals surface area contributed by atoms with E-state index in [0.717, 1.165) is 19.3 Å². The van der Waals surface area contributed by atoms with Gasteiger partial charge in [-0.3, -0.25) is 0 Å². The van der Waals surface area contributed by atoms with Crippen molar-refractivity contribution in [3.05, 3.63) is 0 Å². The van der Waals surface area contributed by atoms with Crippen molar-refractivity contribution in [2.45, 2.75) is 64.4 Å². The molecule has 82 valence electrons. The minimum atomic E-state index is -1.40. The van der Waals surface area contributed by atoms with Crippen molar-refractivity contribution in [2.24, 2.45) is 0 Å². The van der Waals surface area contributed by atoms with Crippen molar-refractivity contribution in [1.82, 2.24) is 0 Å². The second-order valence-electron chi connectivity index (χ2n) is 4.23. The van der Waals surface area contributed by atoms with Crippen molar-refractivity contribution < 1.29 is 9.09 Å². The Kier molecular flexibility index (Phi) is 5.05. The normalized spacial score (nSPS) is 21.1. The van der Waals surface area contributed by atoms with Gasteiger partial charge in [0, 0.05) is 0 Å². The van der Waals surface area contributed by atoms with E-state index in [0.29, 0.717) is 6.16 Å². The molecule has 14 heavy (non-hydrogen) atoms. The van der Waals surface area contributed by atoms with Crippen LogP contribution in [0.3, 0.4) is 0 Å². The Labute approximate surface area is 88.3 Å². The predicted molar refractivity (Wildman–Crippen MR) is 60.0 cm³/mol. The second kappa shape index (κ2) is 5.82. The molecule has 2 nitrogen and oxygen atoms in total. The van der Waals surface area contributed by atoms with Crippen LogP contribution in [0.2, 0.25) is 0 Å². The first-order valence-corrected chi connectivity index (χ1v) is 7.22. The first-order valence-electron chi connectivity index (χ1n) is 5.86. The lowest BCUT2D eigenvalue weighted by atomic mass is 9.95. The summed E-state index contributed by atoms with van der Waals surface area (Å²) in [6.45, 7) is 4.13. The van der Waals surface area contributed by atoms with Gasteiger partial charge in [0.1, 0.15) is 5.60 Å². The highest BCUT2D eigenvalue weighted by atomic mass is 31.1.